The van der Waals surface area contributed by atoms with Crippen LogP contribution < -0.4 is 19.5 Å². The Kier molecular flexibility index (Phi) is 7.37. The van der Waals surface area contributed by atoms with Crippen LogP contribution in [-0.2, 0) is 11.3 Å². The summed E-state index contributed by atoms with van der Waals surface area (Å²) >= 11 is 1.58. The Balaban J connectivity index is 1.19. The maximum absolute atomic E-state index is 12.4. The van der Waals surface area contributed by atoms with Gasteiger partial charge in [-0.05, 0) is 48.4 Å². The molecule has 184 valence electrons. The van der Waals surface area contributed by atoms with E-state index in [4.69, 9.17) is 14.2 Å². The van der Waals surface area contributed by atoms with Crippen molar-refractivity contribution in [3.63, 3.8) is 0 Å². The molecule has 4 aromatic rings. The summed E-state index contributed by atoms with van der Waals surface area (Å²) in [5.74, 6) is 3.70. The third-order valence-corrected chi connectivity index (χ3v) is 6.70. The molecule has 3 aromatic carbocycles. The molecule has 0 bridgehead atoms. The molecule has 1 aliphatic heterocycles. The SMILES string of the molecule is COc1cccc(-c2nnc(SCCCC(=O)NCc3ccc4c(c3)OCO4)n2-c2ccccc2)c1. The number of hydrogen-bond donors (Lipinski definition) is 1. The topological polar surface area (TPSA) is 87.5 Å². The highest BCUT2D eigenvalue weighted by atomic mass is 32.2. The Morgan fingerprint density at radius 2 is 1.89 bits per heavy atom. The summed E-state index contributed by atoms with van der Waals surface area (Å²) in [6, 6.07) is 23.5. The Labute approximate surface area is 213 Å². The van der Waals surface area contributed by atoms with E-state index >= 15 is 0 Å². The van der Waals surface area contributed by atoms with Gasteiger partial charge in [0.05, 0.1) is 7.11 Å². The zero-order valence-corrected chi connectivity index (χ0v) is 20.7. The lowest BCUT2D eigenvalue weighted by atomic mass is 10.2. The summed E-state index contributed by atoms with van der Waals surface area (Å²) in [6.45, 7) is 0.691. The van der Waals surface area contributed by atoms with Crippen LogP contribution in [0.5, 0.6) is 17.2 Å². The van der Waals surface area contributed by atoms with Crippen molar-refractivity contribution >= 4 is 17.7 Å². The van der Waals surface area contributed by atoms with Crippen molar-refractivity contribution in [2.45, 2.75) is 24.5 Å². The Morgan fingerprint density at radius 3 is 2.75 bits per heavy atom. The lowest BCUT2D eigenvalue weighted by molar-refractivity contribution is -0.121. The van der Waals surface area contributed by atoms with Crippen molar-refractivity contribution in [2.24, 2.45) is 0 Å². The highest BCUT2D eigenvalue weighted by molar-refractivity contribution is 7.99. The summed E-state index contributed by atoms with van der Waals surface area (Å²) < 4.78 is 18.1. The standard InChI is InChI=1S/C27H26N4O4S/c1-33-22-10-5-7-20(16-22)26-29-30-27(31(26)21-8-3-2-4-9-21)36-14-6-11-25(32)28-17-19-12-13-23-24(15-19)35-18-34-23/h2-5,7-10,12-13,15-16H,6,11,14,17-18H2,1H3,(H,28,32). The van der Waals surface area contributed by atoms with Gasteiger partial charge in [0.2, 0.25) is 12.7 Å². The molecule has 0 fully saturated rings. The highest BCUT2D eigenvalue weighted by Crippen LogP contribution is 2.32. The third-order valence-electron chi connectivity index (χ3n) is 5.68. The Bertz CT molecular complexity index is 1340. The first-order valence-electron chi connectivity index (χ1n) is 11.6. The van der Waals surface area contributed by atoms with Crippen LogP contribution in [-0.4, -0.2) is 40.3 Å². The zero-order valence-electron chi connectivity index (χ0n) is 19.8. The van der Waals surface area contributed by atoms with Crippen molar-refractivity contribution in [2.75, 3.05) is 19.7 Å². The first kappa shape index (κ1) is 23.7. The van der Waals surface area contributed by atoms with Gasteiger partial charge in [-0.1, -0.05) is 48.2 Å². The van der Waals surface area contributed by atoms with Gasteiger partial charge in [-0.3, -0.25) is 9.36 Å². The minimum atomic E-state index is 0.00913. The molecule has 5 rings (SSSR count). The summed E-state index contributed by atoms with van der Waals surface area (Å²) in [4.78, 5) is 12.4. The minimum Gasteiger partial charge on any atom is -0.497 e. The fraction of sp³-hybridized carbons (Fsp3) is 0.222. The number of para-hydroxylation sites is 1. The first-order valence-corrected chi connectivity index (χ1v) is 12.6. The molecule has 0 saturated heterocycles. The summed E-state index contributed by atoms with van der Waals surface area (Å²) in [7, 11) is 1.65. The number of aromatic nitrogens is 3. The molecular formula is C27H26N4O4S. The molecule has 1 aliphatic rings. The molecule has 0 spiro atoms. The smallest absolute Gasteiger partial charge is 0.231 e. The van der Waals surface area contributed by atoms with Gasteiger partial charge in [-0.15, -0.1) is 10.2 Å². The van der Waals surface area contributed by atoms with Crippen molar-refractivity contribution in [3.8, 4) is 34.3 Å². The highest BCUT2D eigenvalue weighted by Gasteiger charge is 2.17. The molecule has 9 heteroatoms. The van der Waals surface area contributed by atoms with Crippen molar-refractivity contribution in [1.82, 2.24) is 20.1 Å². The van der Waals surface area contributed by atoms with Crippen LogP contribution in [0.25, 0.3) is 17.1 Å². The number of fused-ring (bicyclic) bond motifs is 1. The number of methoxy groups -OCH3 is 1. The monoisotopic (exact) mass is 502 g/mol. The molecule has 0 atom stereocenters. The number of benzene rings is 3. The number of hydrogen-bond acceptors (Lipinski definition) is 7. The molecule has 0 saturated carbocycles. The fourth-order valence-corrected chi connectivity index (χ4v) is 4.75. The van der Waals surface area contributed by atoms with E-state index in [9.17, 15) is 4.79 Å². The van der Waals surface area contributed by atoms with Gasteiger partial charge in [0, 0.05) is 30.0 Å². The number of ether oxygens (including phenoxy) is 3. The minimum absolute atomic E-state index is 0.00913. The van der Waals surface area contributed by atoms with E-state index in [0.29, 0.717) is 25.1 Å². The van der Waals surface area contributed by atoms with E-state index in [1.807, 2.05) is 77.4 Å². The van der Waals surface area contributed by atoms with Gasteiger partial charge in [0.25, 0.3) is 0 Å². The maximum atomic E-state index is 12.4. The Morgan fingerprint density at radius 1 is 1.03 bits per heavy atom. The number of rotatable bonds is 10. The van der Waals surface area contributed by atoms with E-state index in [1.54, 1.807) is 18.9 Å². The van der Waals surface area contributed by atoms with Crippen LogP contribution in [0.4, 0.5) is 0 Å². The van der Waals surface area contributed by atoms with Gasteiger partial charge < -0.3 is 19.5 Å². The van der Waals surface area contributed by atoms with Gasteiger partial charge in [-0.2, -0.15) is 0 Å². The number of nitrogens with one attached hydrogen (secondary N) is 1. The largest absolute Gasteiger partial charge is 0.497 e. The molecule has 1 N–H and O–H groups in total. The number of thioether (sulfide) groups is 1. The van der Waals surface area contributed by atoms with Gasteiger partial charge in [0.15, 0.2) is 22.5 Å². The molecule has 0 radical (unpaired) electrons. The number of nitrogens with zero attached hydrogens (tertiary/aromatic N) is 3. The molecule has 36 heavy (non-hydrogen) atoms. The molecule has 0 unspecified atom stereocenters. The molecule has 1 aromatic heterocycles. The van der Waals surface area contributed by atoms with Crippen molar-refractivity contribution in [3.05, 3.63) is 78.4 Å². The van der Waals surface area contributed by atoms with E-state index in [-0.39, 0.29) is 12.7 Å². The summed E-state index contributed by atoms with van der Waals surface area (Å²) in [5.41, 5.74) is 2.87. The maximum Gasteiger partial charge on any atom is 0.231 e. The molecular weight excluding hydrogens is 476 g/mol. The average Bonchev–Trinajstić information content (AvgIpc) is 3.57. The van der Waals surface area contributed by atoms with Crippen LogP contribution in [0.15, 0.2) is 78.0 Å². The molecule has 1 amide bonds. The second-order valence-electron chi connectivity index (χ2n) is 8.13. The molecule has 8 nitrogen and oxygen atoms in total. The molecule has 2 heterocycles. The van der Waals surface area contributed by atoms with E-state index in [1.165, 1.54) is 0 Å². The quantitative estimate of drug-likeness (QED) is 0.245. The lowest BCUT2D eigenvalue weighted by Gasteiger charge is -2.11. The normalized spacial score (nSPS) is 11.9. The zero-order chi connectivity index (χ0) is 24.7. The summed E-state index contributed by atoms with van der Waals surface area (Å²) in [6.07, 6.45) is 1.15. The van der Waals surface area contributed by atoms with Crippen LogP contribution >= 0.6 is 11.8 Å². The van der Waals surface area contributed by atoms with Crippen LogP contribution in [0.3, 0.4) is 0 Å². The fourth-order valence-electron chi connectivity index (χ4n) is 3.86. The van der Waals surface area contributed by atoms with Crippen LogP contribution in [0.1, 0.15) is 18.4 Å². The molecule has 0 aliphatic carbocycles. The first-order chi connectivity index (χ1) is 17.7. The van der Waals surface area contributed by atoms with E-state index in [2.05, 4.69) is 15.5 Å². The van der Waals surface area contributed by atoms with Crippen molar-refractivity contribution in [1.29, 1.82) is 0 Å². The lowest BCUT2D eigenvalue weighted by Crippen LogP contribution is -2.22. The van der Waals surface area contributed by atoms with Gasteiger partial charge >= 0.3 is 0 Å². The second-order valence-corrected chi connectivity index (χ2v) is 9.19. The second kappa shape index (κ2) is 11.2. The number of carbonyl (C=O) groups excluding carboxylic acids is 1. The van der Waals surface area contributed by atoms with E-state index < -0.39 is 0 Å². The van der Waals surface area contributed by atoms with Crippen LogP contribution in [0.2, 0.25) is 0 Å². The predicted molar refractivity (Wildman–Crippen MR) is 138 cm³/mol. The summed E-state index contributed by atoms with van der Waals surface area (Å²) in [5, 5.41) is 12.7. The van der Waals surface area contributed by atoms with Gasteiger partial charge in [0.1, 0.15) is 5.75 Å². The number of carbonyl (C=O) groups is 1. The number of amides is 1. The third kappa shape index (κ3) is 5.46. The van der Waals surface area contributed by atoms with Gasteiger partial charge in [-0.25, -0.2) is 0 Å². The Hall–Kier alpha value is -3.98. The van der Waals surface area contributed by atoms with Crippen molar-refractivity contribution < 1.29 is 19.0 Å². The predicted octanol–water partition coefficient (Wildman–Crippen LogP) is 4.86. The average molecular weight is 503 g/mol. The van der Waals surface area contributed by atoms with E-state index in [0.717, 1.165) is 45.0 Å². The van der Waals surface area contributed by atoms with Crippen LogP contribution in [0, 0.1) is 0 Å².